The normalized spacial score (nSPS) is 15.4. The number of benzene rings is 2. The number of morpholine rings is 1. The number of nitrogens with two attached hydrogens (primary N) is 1. The van der Waals surface area contributed by atoms with Crippen LogP contribution in [0.5, 0.6) is 5.75 Å². The van der Waals surface area contributed by atoms with E-state index in [2.05, 4.69) is 48.3 Å². The minimum atomic E-state index is 0.547. The molecule has 2 aromatic rings. The Morgan fingerprint density at radius 2 is 2.00 bits per heavy atom. The third kappa shape index (κ3) is 5.05. The molecule has 134 valence electrons. The Bertz CT molecular complexity index is 681. The van der Waals surface area contributed by atoms with E-state index in [1.54, 1.807) is 11.0 Å². The highest BCUT2D eigenvalue weighted by Gasteiger charge is 2.14. The predicted molar refractivity (Wildman–Crippen MR) is 101 cm³/mol. The monoisotopic (exact) mass is 342 g/mol. The smallest absolute Gasteiger partial charge is 0.129 e. The molecule has 0 radical (unpaired) electrons. The first kappa shape index (κ1) is 17.9. The van der Waals surface area contributed by atoms with Crippen molar-refractivity contribution in [3.05, 3.63) is 54.6 Å². The lowest BCUT2D eigenvalue weighted by Gasteiger charge is -2.23. The van der Waals surface area contributed by atoms with Crippen molar-refractivity contribution in [2.45, 2.75) is 13.0 Å². The average molecular weight is 342 g/mol. The number of ether oxygens (including phenoxy) is 2. The quantitative estimate of drug-likeness (QED) is 0.522. The van der Waals surface area contributed by atoms with E-state index in [4.69, 9.17) is 9.47 Å². The first-order valence-corrected chi connectivity index (χ1v) is 9.36. The fraction of sp³-hybridized carbons (Fsp3) is 0.429. The van der Waals surface area contributed by atoms with Crippen molar-refractivity contribution in [1.29, 1.82) is 0 Å². The predicted octanol–water partition coefficient (Wildman–Crippen LogP) is 0.773. The molecule has 1 saturated heterocycles. The zero-order valence-electron chi connectivity index (χ0n) is 15.0. The van der Waals surface area contributed by atoms with E-state index in [1.807, 2.05) is 0 Å². The van der Waals surface area contributed by atoms with E-state index in [0.29, 0.717) is 6.61 Å². The molecular weight excluding hydrogens is 312 g/mol. The van der Waals surface area contributed by atoms with Crippen LogP contribution in [0.15, 0.2) is 49.1 Å². The molecule has 0 aliphatic carbocycles. The first-order chi connectivity index (χ1) is 12.4. The third-order valence-electron chi connectivity index (χ3n) is 4.84. The summed E-state index contributed by atoms with van der Waals surface area (Å²) in [5.74, 6) is 0.980. The lowest BCUT2D eigenvalue weighted by molar-refractivity contribution is -0.909. The molecule has 0 amide bonds. The van der Waals surface area contributed by atoms with Gasteiger partial charge in [-0.1, -0.05) is 43.0 Å². The van der Waals surface area contributed by atoms with Crippen molar-refractivity contribution in [1.82, 2.24) is 0 Å². The number of hydrogen-bond donors (Lipinski definition) is 2. The molecule has 1 fully saturated rings. The van der Waals surface area contributed by atoms with Crippen LogP contribution in [0.2, 0.25) is 0 Å². The van der Waals surface area contributed by atoms with Gasteiger partial charge >= 0.3 is 0 Å². The van der Waals surface area contributed by atoms with E-state index in [0.717, 1.165) is 45.1 Å². The fourth-order valence-corrected chi connectivity index (χ4v) is 3.46. The Labute approximate surface area is 150 Å². The lowest BCUT2D eigenvalue weighted by atomic mass is 10.0. The summed E-state index contributed by atoms with van der Waals surface area (Å²) < 4.78 is 11.3. The Kier molecular flexibility index (Phi) is 6.86. The second kappa shape index (κ2) is 9.56. The zero-order valence-corrected chi connectivity index (χ0v) is 15.0. The first-order valence-electron chi connectivity index (χ1n) is 9.36. The maximum atomic E-state index is 5.89. The van der Waals surface area contributed by atoms with Gasteiger partial charge in [0.05, 0.1) is 31.9 Å². The van der Waals surface area contributed by atoms with E-state index in [-0.39, 0.29) is 0 Å². The molecule has 1 heterocycles. The fourth-order valence-electron chi connectivity index (χ4n) is 3.46. The van der Waals surface area contributed by atoms with Gasteiger partial charge in [-0.15, -0.1) is 0 Å². The molecule has 4 heteroatoms. The second-order valence-corrected chi connectivity index (χ2v) is 6.61. The topological polar surface area (TPSA) is 39.5 Å². The van der Waals surface area contributed by atoms with Gasteiger partial charge in [0, 0.05) is 6.42 Å². The number of hydrogen-bond acceptors (Lipinski definition) is 2. The van der Waals surface area contributed by atoms with Gasteiger partial charge in [0.1, 0.15) is 32.0 Å². The molecule has 0 aromatic heterocycles. The molecule has 0 saturated carbocycles. The van der Waals surface area contributed by atoms with E-state index in [1.165, 1.54) is 29.3 Å². The summed E-state index contributed by atoms with van der Waals surface area (Å²) in [6.45, 7) is 11.8. The van der Waals surface area contributed by atoms with E-state index in [9.17, 15) is 0 Å². The van der Waals surface area contributed by atoms with Gasteiger partial charge in [-0.25, -0.2) is 0 Å². The van der Waals surface area contributed by atoms with Crippen LogP contribution in [0.4, 0.5) is 0 Å². The van der Waals surface area contributed by atoms with Crippen LogP contribution in [0.3, 0.4) is 0 Å². The standard InChI is InChI=1S/C21H28N2O2/c1-2-14-25-21-9-8-18-6-3-4-7-19(18)20(21)17-22-10-5-11-23-12-15-24-16-13-23/h2-4,6-9,22H,1,5,10-17H2/p+2. The minimum Gasteiger partial charge on any atom is -0.489 e. The minimum absolute atomic E-state index is 0.547. The van der Waals surface area contributed by atoms with Crippen molar-refractivity contribution in [2.24, 2.45) is 0 Å². The van der Waals surface area contributed by atoms with Crippen molar-refractivity contribution < 1.29 is 19.7 Å². The van der Waals surface area contributed by atoms with Gasteiger partial charge in [0.2, 0.25) is 0 Å². The SMILES string of the molecule is C=CCOc1ccc2ccccc2c1C[NH2+]CCC[NH+]1CCOCC1. The molecule has 0 atom stereocenters. The Morgan fingerprint density at radius 1 is 1.16 bits per heavy atom. The summed E-state index contributed by atoms with van der Waals surface area (Å²) in [4.78, 5) is 1.68. The lowest BCUT2D eigenvalue weighted by Crippen LogP contribution is -3.14. The average Bonchev–Trinajstić information content (AvgIpc) is 2.67. The summed E-state index contributed by atoms with van der Waals surface area (Å²) in [5, 5.41) is 4.97. The number of fused-ring (bicyclic) bond motifs is 1. The summed E-state index contributed by atoms with van der Waals surface area (Å²) in [6.07, 6.45) is 3.04. The van der Waals surface area contributed by atoms with E-state index < -0.39 is 0 Å². The Hall–Kier alpha value is -1.88. The van der Waals surface area contributed by atoms with Crippen LogP contribution < -0.4 is 15.0 Å². The highest BCUT2D eigenvalue weighted by Crippen LogP contribution is 2.27. The molecule has 0 spiro atoms. The molecule has 2 aromatic carbocycles. The summed E-state index contributed by atoms with van der Waals surface area (Å²) in [7, 11) is 0. The van der Waals surface area contributed by atoms with Crippen LogP contribution in [-0.4, -0.2) is 46.0 Å². The summed E-state index contributed by atoms with van der Waals surface area (Å²) in [5.41, 5.74) is 1.29. The molecule has 1 aliphatic heterocycles. The van der Waals surface area contributed by atoms with Crippen LogP contribution in [0.1, 0.15) is 12.0 Å². The third-order valence-corrected chi connectivity index (χ3v) is 4.84. The molecule has 0 bridgehead atoms. The maximum absolute atomic E-state index is 5.89. The number of quaternary nitrogens is 2. The highest BCUT2D eigenvalue weighted by atomic mass is 16.5. The van der Waals surface area contributed by atoms with Crippen LogP contribution >= 0.6 is 0 Å². The molecule has 25 heavy (non-hydrogen) atoms. The van der Waals surface area contributed by atoms with Crippen molar-refractivity contribution in [3.8, 4) is 5.75 Å². The van der Waals surface area contributed by atoms with Gasteiger partial charge in [-0.2, -0.15) is 0 Å². The second-order valence-electron chi connectivity index (χ2n) is 6.61. The van der Waals surface area contributed by atoms with Gasteiger partial charge in [0.25, 0.3) is 0 Å². The van der Waals surface area contributed by atoms with Gasteiger partial charge < -0.3 is 19.7 Å². The van der Waals surface area contributed by atoms with Crippen LogP contribution in [0, 0.1) is 0 Å². The maximum Gasteiger partial charge on any atom is 0.129 e. The number of nitrogens with one attached hydrogen (secondary N) is 1. The molecule has 3 N–H and O–H groups in total. The molecule has 0 unspecified atom stereocenters. The Balaban J connectivity index is 1.57. The van der Waals surface area contributed by atoms with Crippen molar-refractivity contribution in [2.75, 3.05) is 46.0 Å². The van der Waals surface area contributed by atoms with Crippen LogP contribution in [0.25, 0.3) is 10.8 Å². The highest BCUT2D eigenvalue weighted by molar-refractivity contribution is 5.87. The molecular formula is C21H30N2O2+2. The number of rotatable bonds is 9. The zero-order chi connectivity index (χ0) is 17.3. The summed E-state index contributed by atoms with van der Waals surface area (Å²) >= 11 is 0. The van der Waals surface area contributed by atoms with E-state index >= 15 is 0 Å². The Morgan fingerprint density at radius 3 is 2.84 bits per heavy atom. The van der Waals surface area contributed by atoms with Gasteiger partial charge in [0.15, 0.2) is 0 Å². The summed E-state index contributed by atoms with van der Waals surface area (Å²) in [6, 6.07) is 12.8. The van der Waals surface area contributed by atoms with Crippen LogP contribution in [-0.2, 0) is 11.3 Å². The van der Waals surface area contributed by atoms with Crippen molar-refractivity contribution >= 4 is 10.8 Å². The van der Waals surface area contributed by atoms with Crippen molar-refractivity contribution in [3.63, 3.8) is 0 Å². The molecule has 3 rings (SSSR count). The molecule has 4 nitrogen and oxygen atoms in total. The largest absolute Gasteiger partial charge is 0.489 e. The van der Waals surface area contributed by atoms with Gasteiger partial charge in [-0.05, 0) is 16.8 Å². The molecule has 1 aliphatic rings. The van der Waals surface area contributed by atoms with Gasteiger partial charge in [-0.3, -0.25) is 0 Å².